The number of nitrogens with one attached hydrogen (secondary N) is 3. The van der Waals surface area contributed by atoms with E-state index in [0.717, 1.165) is 80.8 Å². The molecule has 0 spiro atoms. The fraction of sp³-hybridized carbons (Fsp3) is 0.294. The van der Waals surface area contributed by atoms with Crippen molar-refractivity contribution in [2.45, 2.75) is 38.2 Å². The van der Waals surface area contributed by atoms with Gasteiger partial charge in [0.15, 0.2) is 0 Å². The molecule has 1 aliphatic carbocycles. The van der Waals surface area contributed by atoms with Crippen LogP contribution in [0, 0.1) is 5.82 Å². The molecular formula is C34H35FN8O. The van der Waals surface area contributed by atoms with Gasteiger partial charge in [0.05, 0.1) is 40.9 Å². The molecule has 1 fully saturated rings. The number of halogens is 1. The molecule has 0 aliphatic heterocycles. The van der Waals surface area contributed by atoms with Crippen LogP contribution >= 0.6 is 0 Å². The van der Waals surface area contributed by atoms with E-state index >= 15 is 0 Å². The van der Waals surface area contributed by atoms with E-state index in [-0.39, 0.29) is 11.9 Å². The van der Waals surface area contributed by atoms with E-state index in [1.165, 1.54) is 31.4 Å². The van der Waals surface area contributed by atoms with Crippen molar-refractivity contribution in [1.29, 1.82) is 0 Å². The van der Waals surface area contributed by atoms with Crippen LogP contribution in [0.2, 0.25) is 0 Å². The first-order valence-corrected chi connectivity index (χ1v) is 15.1. The lowest BCUT2D eigenvalue weighted by Gasteiger charge is -2.22. The third kappa shape index (κ3) is 5.85. The Hall–Kier alpha value is -4.83. The molecule has 0 atom stereocenters. The number of aromatic nitrogens is 6. The lowest BCUT2D eigenvalue weighted by atomic mass is 9.98. The Morgan fingerprint density at radius 2 is 1.80 bits per heavy atom. The highest BCUT2D eigenvalue weighted by Crippen LogP contribution is 2.35. The Bertz CT molecular complexity index is 1920. The summed E-state index contributed by atoms with van der Waals surface area (Å²) in [6, 6.07) is 13.0. The molecule has 1 aromatic carbocycles. The minimum absolute atomic E-state index is 0.247. The molecular weight excluding hydrogens is 555 g/mol. The van der Waals surface area contributed by atoms with E-state index in [2.05, 4.69) is 35.4 Å². The molecule has 0 saturated heterocycles. The number of H-pyrrole nitrogens is 2. The Balaban J connectivity index is 1.21. The topological polar surface area (TPSA) is 108 Å². The molecule has 10 heteroatoms. The molecule has 3 N–H and O–H groups in total. The van der Waals surface area contributed by atoms with Crippen molar-refractivity contribution in [3.8, 4) is 39.5 Å². The van der Waals surface area contributed by atoms with Gasteiger partial charge in [-0.05, 0) is 87.8 Å². The van der Waals surface area contributed by atoms with Gasteiger partial charge in [-0.25, -0.2) is 9.37 Å². The highest BCUT2D eigenvalue weighted by Gasteiger charge is 2.18. The molecule has 7 rings (SSSR count). The predicted molar refractivity (Wildman–Crippen MR) is 172 cm³/mol. The second kappa shape index (κ2) is 12.0. The summed E-state index contributed by atoms with van der Waals surface area (Å²) in [5.41, 5.74) is 7.84. The summed E-state index contributed by atoms with van der Waals surface area (Å²) in [7, 11) is 4.02. The minimum atomic E-state index is -0.305. The number of ether oxygens (including phenoxy) is 1. The van der Waals surface area contributed by atoms with Crippen LogP contribution in [0.3, 0.4) is 0 Å². The Morgan fingerprint density at radius 3 is 2.66 bits per heavy atom. The minimum Gasteiger partial charge on any atom is -0.489 e. The van der Waals surface area contributed by atoms with Crippen LogP contribution in [0.25, 0.3) is 55.7 Å². The van der Waals surface area contributed by atoms with E-state index in [0.29, 0.717) is 12.2 Å². The van der Waals surface area contributed by atoms with Gasteiger partial charge in [-0.3, -0.25) is 15.1 Å². The molecule has 0 unspecified atom stereocenters. The number of aromatic amines is 2. The first-order chi connectivity index (χ1) is 21.5. The quantitative estimate of drug-likeness (QED) is 0.166. The lowest BCUT2D eigenvalue weighted by molar-refractivity contribution is 0.154. The van der Waals surface area contributed by atoms with Gasteiger partial charge in [0.2, 0.25) is 0 Å². The zero-order valence-corrected chi connectivity index (χ0v) is 24.9. The standard InChI is InChI=1S/C34H35FN8O/c1-43(2)11-10-38-24-13-21(12-23(35)15-24)28-19-37-20-32-27(28)16-31(39-32)34-33-30(41-42-34)9-8-29(40-33)22-14-26(18-36-17-22)44-25-6-4-3-5-7-25/h8-9,12-20,25,38-39H,3-7,10-11H2,1-2H3,(H,41,42). The number of likely N-dealkylation sites (N-methyl/N-ethyl adjacent to an activating group) is 1. The number of hydrogen-bond donors (Lipinski definition) is 3. The van der Waals surface area contributed by atoms with Crippen molar-refractivity contribution in [3.63, 3.8) is 0 Å². The van der Waals surface area contributed by atoms with Crippen molar-refractivity contribution < 1.29 is 9.13 Å². The van der Waals surface area contributed by atoms with Gasteiger partial charge in [0.1, 0.15) is 22.8 Å². The van der Waals surface area contributed by atoms with Crippen molar-refractivity contribution in [2.24, 2.45) is 0 Å². The van der Waals surface area contributed by atoms with Crippen LogP contribution in [0.4, 0.5) is 10.1 Å². The van der Waals surface area contributed by atoms with Crippen molar-refractivity contribution >= 4 is 27.6 Å². The normalized spacial score (nSPS) is 14.1. The maximum atomic E-state index is 14.7. The number of benzene rings is 1. The zero-order chi connectivity index (χ0) is 30.0. The molecule has 5 aromatic heterocycles. The van der Waals surface area contributed by atoms with Gasteiger partial charge >= 0.3 is 0 Å². The third-order valence-corrected chi connectivity index (χ3v) is 8.17. The zero-order valence-electron chi connectivity index (χ0n) is 24.9. The second-order valence-electron chi connectivity index (χ2n) is 11.7. The first-order valence-electron chi connectivity index (χ1n) is 15.1. The SMILES string of the molecule is CN(C)CCNc1cc(F)cc(-c2cncc3[nH]c(-c4n[nH]c5ccc(-c6cncc(OC7CCCCC7)c6)nc45)cc23)c1. The van der Waals surface area contributed by atoms with Crippen LogP contribution in [-0.4, -0.2) is 68.3 Å². The molecule has 0 bridgehead atoms. The van der Waals surface area contributed by atoms with E-state index in [1.54, 1.807) is 18.6 Å². The number of pyridine rings is 3. The number of anilines is 1. The van der Waals surface area contributed by atoms with Crippen molar-refractivity contribution in [3.05, 3.63) is 73.1 Å². The fourth-order valence-corrected chi connectivity index (χ4v) is 5.93. The van der Waals surface area contributed by atoms with Crippen molar-refractivity contribution in [2.75, 3.05) is 32.5 Å². The van der Waals surface area contributed by atoms with E-state index in [1.807, 2.05) is 50.6 Å². The summed E-state index contributed by atoms with van der Waals surface area (Å²) in [5, 5.41) is 12.0. The fourth-order valence-electron chi connectivity index (χ4n) is 5.93. The third-order valence-electron chi connectivity index (χ3n) is 8.17. The van der Waals surface area contributed by atoms with Crippen LogP contribution in [-0.2, 0) is 0 Å². The largest absolute Gasteiger partial charge is 0.489 e. The number of hydrogen-bond acceptors (Lipinski definition) is 7. The average molecular weight is 591 g/mol. The molecule has 9 nitrogen and oxygen atoms in total. The summed E-state index contributed by atoms with van der Waals surface area (Å²) < 4.78 is 21.0. The predicted octanol–water partition coefficient (Wildman–Crippen LogP) is 7.05. The maximum Gasteiger partial charge on any atom is 0.138 e. The van der Waals surface area contributed by atoms with E-state index in [4.69, 9.17) is 9.72 Å². The molecule has 1 saturated carbocycles. The molecule has 5 heterocycles. The van der Waals surface area contributed by atoms with Gasteiger partial charge < -0.3 is 19.9 Å². The average Bonchev–Trinajstić information content (AvgIpc) is 3.65. The smallest absolute Gasteiger partial charge is 0.138 e. The van der Waals surface area contributed by atoms with Gasteiger partial charge in [0, 0.05) is 47.7 Å². The lowest BCUT2D eigenvalue weighted by Crippen LogP contribution is -2.20. The molecule has 1 aliphatic rings. The van der Waals surface area contributed by atoms with Crippen LogP contribution in [0.5, 0.6) is 5.75 Å². The molecule has 224 valence electrons. The second-order valence-corrected chi connectivity index (χ2v) is 11.7. The maximum absolute atomic E-state index is 14.7. The number of fused-ring (bicyclic) bond motifs is 2. The summed E-state index contributed by atoms with van der Waals surface area (Å²) in [6.07, 6.45) is 13.3. The van der Waals surface area contributed by atoms with E-state index < -0.39 is 0 Å². The number of nitrogens with zero attached hydrogens (tertiary/aromatic N) is 5. The summed E-state index contributed by atoms with van der Waals surface area (Å²) in [5.74, 6) is 0.466. The summed E-state index contributed by atoms with van der Waals surface area (Å²) in [6.45, 7) is 1.55. The summed E-state index contributed by atoms with van der Waals surface area (Å²) in [4.78, 5) is 19.4. The van der Waals surface area contributed by atoms with Gasteiger partial charge in [-0.1, -0.05) is 6.42 Å². The Kier molecular flexibility index (Phi) is 7.66. The van der Waals surface area contributed by atoms with Gasteiger partial charge in [-0.15, -0.1) is 0 Å². The van der Waals surface area contributed by atoms with Gasteiger partial charge in [0.25, 0.3) is 0 Å². The highest BCUT2D eigenvalue weighted by atomic mass is 19.1. The van der Waals surface area contributed by atoms with E-state index in [9.17, 15) is 4.39 Å². The molecule has 44 heavy (non-hydrogen) atoms. The van der Waals surface area contributed by atoms with Crippen LogP contribution in [0.1, 0.15) is 32.1 Å². The van der Waals surface area contributed by atoms with Gasteiger partial charge in [-0.2, -0.15) is 5.10 Å². The van der Waals surface area contributed by atoms with Crippen molar-refractivity contribution in [1.82, 2.24) is 35.0 Å². The van der Waals surface area contributed by atoms with Crippen LogP contribution < -0.4 is 10.1 Å². The monoisotopic (exact) mass is 590 g/mol. The molecule has 0 radical (unpaired) electrons. The Labute approximate surface area is 254 Å². The molecule has 6 aromatic rings. The first kappa shape index (κ1) is 28.0. The Morgan fingerprint density at radius 1 is 0.932 bits per heavy atom. The number of rotatable bonds is 9. The molecule has 0 amide bonds. The summed E-state index contributed by atoms with van der Waals surface area (Å²) >= 11 is 0. The highest BCUT2D eigenvalue weighted by molar-refractivity contribution is 6.00. The van der Waals surface area contributed by atoms with Crippen LogP contribution in [0.15, 0.2) is 67.3 Å².